The Morgan fingerprint density at radius 3 is 2.56 bits per heavy atom. The van der Waals surface area contributed by atoms with E-state index >= 15 is 0 Å². The van der Waals surface area contributed by atoms with Crippen molar-refractivity contribution >= 4 is 17.6 Å². The largest absolute Gasteiger partial charge is 0.455 e. The first-order valence-corrected chi connectivity index (χ1v) is 5.63. The van der Waals surface area contributed by atoms with Gasteiger partial charge in [0.25, 0.3) is 0 Å². The van der Waals surface area contributed by atoms with Crippen LogP contribution >= 0.6 is 0 Å². The molecule has 0 saturated carbocycles. The van der Waals surface area contributed by atoms with Crippen LogP contribution in [0.3, 0.4) is 0 Å². The Balaban J connectivity index is 3.10. The molecule has 1 aromatic rings. The predicted molar refractivity (Wildman–Crippen MR) is 68.5 cm³/mol. The third-order valence-corrected chi connectivity index (χ3v) is 1.91. The van der Waals surface area contributed by atoms with Gasteiger partial charge in [0, 0.05) is 6.54 Å². The Labute approximate surface area is 106 Å². The fraction of sp³-hybridized carbons (Fsp3) is 0.545. The fourth-order valence-electron chi connectivity index (χ4n) is 1.27. The molecule has 0 amide bonds. The molecule has 4 N–H and O–H groups in total. The molecule has 0 atom stereocenters. The Hall–Kier alpha value is -2.05. The number of aromatic nitrogens is 2. The smallest absolute Gasteiger partial charge is 0.361 e. The molecule has 1 heterocycles. The molecule has 1 aromatic heterocycles. The van der Waals surface area contributed by atoms with Crippen molar-refractivity contribution in [3.63, 3.8) is 0 Å². The zero-order valence-corrected chi connectivity index (χ0v) is 11.1. The van der Waals surface area contributed by atoms with E-state index in [9.17, 15) is 4.79 Å². The molecule has 7 heteroatoms. The Bertz CT molecular complexity index is 466. The van der Waals surface area contributed by atoms with Gasteiger partial charge in [-0.3, -0.25) is 4.68 Å². The molecule has 0 unspecified atom stereocenters. The lowest BCUT2D eigenvalue weighted by Gasteiger charge is -2.18. The van der Waals surface area contributed by atoms with Crippen molar-refractivity contribution in [3.05, 3.63) is 11.9 Å². The van der Waals surface area contributed by atoms with E-state index in [1.807, 2.05) is 6.92 Å². The first-order chi connectivity index (χ1) is 8.23. The zero-order valence-electron chi connectivity index (χ0n) is 11.1. The number of carbonyl (C=O) groups excluding carboxylic acids is 1. The van der Waals surface area contributed by atoms with Crippen molar-refractivity contribution in [1.29, 1.82) is 0 Å². The number of carbonyl (C=O) groups is 1. The molecule has 0 saturated heterocycles. The lowest BCUT2D eigenvalue weighted by molar-refractivity contribution is 0.00630. The van der Waals surface area contributed by atoms with Crippen LogP contribution in [0.15, 0.2) is 11.2 Å². The van der Waals surface area contributed by atoms with Crippen LogP contribution in [-0.4, -0.2) is 27.3 Å². The summed E-state index contributed by atoms with van der Waals surface area (Å²) in [5.41, 5.74) is 10.4. The van der Waals surface area contributed by atoms with Crippen molar-refractivity contribution in [3.8, 4) is 0 Å². The number of rotatable bonds is 3. The van der Waals surface area contributed by atoms with E-state index in [1.165, 1.54) is 0 Å². The molecule has 0 aliphatic rings. The van der Waals surface area contributed by atoms with Gasteiger partial charge in [0.15, 0.2) is 11.7 Å². The summed E-state index contributed by atoms with van der Waals surface area (Å²) in [6.07, 6.45) is 1.60. The minimum absolute atomic E-state index is 0.111. The molecule has 0 aromatic carbocycles. The van der Waals surface area contributed by atoms with Crippen LogP contribution in [-0.2, 0) is 11.3 Å². The topological polar surface area (TPSA) is 109 Å². The second-order valence-corrected chi connectivity index (χ2v) is 4.76. The quantitative estimate of drug-likeness (QED) is 0.469. The average molecular weight is 253 g/mol. The normalized spacial score (nSPS) is 11.1. The van der Waals surface area contributed by atoms with Crippen LogP contribution in [0.2, 0.25) is 0 Å². The Kier molecular flexibility index (Phi) is 3.95. The van der Waals surface area contributed by atoms with Gasteiger partial charge in [-0.05, 0) is 27.7 Å². The van der Waals surface area contributed by atoms with Crippen molar-refractivity contribution in [2.24, 2.45) is 16.5 Å². The number of ether oxygens (including phenoxy) is 1. The summed E-state index contributed by atoms with van der Waals surface area (Å²) in [4.78, 5) is 15.8. The van der Waals surface area contributed by atoms with E-state index in [2.05, 4.69) is 10.1 Å². The molecule has 0 bridgehead atoms. The highest BCUT2D eigenvalue weighted by Gasteiger charge is 2.23. The van der Waals surface area contributed by atoms with Crippen molar-refractivity contribution < 1.29 is 9.53 Å². The summed E-state index contributed by atoms with van der Waals surface area (Å²) >= 11 is 0. The van der Waals surface area contributed by atoms with Crippen LogP contribution < -0.4 is 11.5 Å². The summed E-state index contributed by atoms with van der Waals surface area (Å²) in [5.74, 6) is -0.676. The first kappa shape index (κ1) is 14.0. The third-order valence-electron chi connectivity index (χ3n) is 1.91. The summed E-state index contributed by atoms with van der Waals surface area (Å²) in [6.45, 7) is 7.84. The molecular formula is C11H19N5O2. The van der Waals surface area contributed by atoms with E-state index in [4.69, 9.17) is 16.2 Å². The zero-order chi connectivity index (χ0) is 13.9. The van der Waals surface area contributed by atoms with E-state index < -0.39 is 11.6 Å². The fourth-order valence-corrected chi connectivity index (χ4v) is 1.27. The lowest BCUT2D eigenvalue weighted by Crippen LogP contribution is -2.25. The molecule has 0 aliphatic heterocycles. The molecule has 0 spiro atoms. The first-order valence-electron chi connectivity index (χ1n) is 5.63. The van der Waals surface area contributed by atoms with Gasteiger partial charge in [0.1, 0.15) is 11.3 Å². The number of nitrogens with two attached hydrogens (primary N) is 2. The maximum absolute atomic E-state index is 11.9. The summed E-state index contributed by atoms with van der Waals surface area (Å²) in [6, 6.07) is 0. The van der Waals surface area contributed by atoms with Crippen LogP contribution in [0.4, 0.5) is 5.69 Å². The predicted octanol–water partition coefficient (Wildman–Crippen LogP) is 0.763. The Morgan fingerprint density at radius 1 is 1.50 bits per heavy atom. The highest BCUT2D eigenvalue weighted by molar-refractivity contribution is 5.94. The van der Waals surface area contributed by atoms with E-state index in [0.29, 0.717) is 12.2 Å². The van der Waals surface area contributed by atoms with Crippen molar-refractivity contribution in [1.82, 2.24) is 9.78 Å². The highest BCUT2D eigenvalue weighted by Crippen LogP contribution is 2.20. The number of nitrogens with zero attached hydrogens (tertiary/aromatic N) is 3. The number of esters is 1. The number of hydrogen-bond donors (Lipinski definition) is 2. The molecule has 18 heavy (non-hydrogen) atoms. The molecule has 0 radical (unpaired) electrons. The van der Waals surface area contributed by atoms with Crippen LogP contribution in [0.5, 0.6) is 0 Å². The molecule has 1 rings (SSSR count). The number of hydrogen-bond acceptors (Lipinski definition) is 4. The van der Waals surface area contributed by atoms with Gasteiger partial charge >= 0.3 is 5.97 Å². The SMILES string of the molecule is CCn1cc(N=C(N)N)c(C(=O)OC(C)(C)C)n1. The van der Waals surface area contributed by atoms with Crippen LogP contribution in [0.25, 0.3) is 0 Å². The molecular weight excluding hydrogens is 234 g/mol. The summed E-state index contributed by atoms with van der Waals surface area (Å²) in [5, 5.41) is 4.09. The minimum atomic E-state index is -0.595. The average Bonchev–Trinajstić information content (AvgIpc) is 2.57. The monoisotopic (exact) mass is 253 g/mol. The van der Waals surface area contributed by atoms with Gasteiger partial charge in [-0.25, -0.2) is 9.79 Å². The van der Waals surface area contributed by atoms with Crippen LogP contribution in [0.1, 0.15) is 38.2 Å². The number of guanidine groups is 1. The third kappa shape index (κ3) is 3.76. The van der Waals surface area contributed by atoms with Crippen molar-refractivity contribution in [2.75, 3.05) is 0 Å². The van der Waals surface area contributed by atoms with Crippen LogP contribution in [0, 0.1) is 0 Å². The van der Waals surface area contributed by atoms with Gasteiger partial charge in [-0.15, -0.1) is 0 Å². The van der Waals surface area contributed by atoms with Crippen molar-refractivity contribution in [2.45, 2.75) is 39.8 Å². The lowest BCUT2D eigenvalue weighted by atomic mass is 10.2. The molecule has 0 fully saturated rings. The van der Waals surface area contributed by atoms with Gasteiger partial charge < -0.3 is 16.2 Å². The van der Waals surface area contributed by atoms with Gasteiger partial charge in [-0.1, -0.05) is 0 Å². The maximum Gasteiger partial charge on any atom is 0.361 e. The summed E-state index contributed by atoms with van der Waals surface area (Å²) in [7, 11) is 0. The summed E-state index contributed by atoms with van der Waals surface area (Å²) < 4.78 is 6.81. The Morgan fingerprint density at radius 2 is 2.11 bits per heavy atom. The van der Waals surface area contributed by atoms with E-state index in [-0.39, 0.29) is 11.7 Å². The molecule has 0 aliphatic carbocycles. The van der Waals surface area contributed by atoms with Gasteiger partial charge in [0.05, 0.1) is 6.20 Å². The van der Waals surface area contributed by atoms with Gasteiger partial charge in [-0.2, -0.15) is 5.10 Å². The highest BCUT2D eigenvalue weighted by atomic mass is 16.6. The maximum atomic E-state index is 11.9. The minimum Gasteiger partial charge on any atom is -0.455 e. The standard InChI is InChI=1S/C11H19N5O2/c1-5-16-6-7(14-10(12)13)8(15-16)9(17)18-11(2,3)4/h6H,5H2,1-4H3,(H4,12,13,14). The van der Waals surface area contributed by atoms with E-state index in [0.717, 1.165) is 0 Å². The van der Waals surface area contributed by atoms with Gasteiger partial charge in [0.2, 0.25) is 0 Å². The number of aliphatic imine (C=N–C) groups is 1. The van der Waals surface area contributed by atoms with E-state index in [1.54, 1.807) is 31.6 Å². The number of aryl methyl sites for hydroxylation is 1. The second-order valence-electron chi connectivity index (χ2n) is 4.76. The second kappa shape index (κ2) is 5.07. The molecule has 7 nitrogen and oxygen atoms in total. The molecule has 100 valence electrons.